The standard InChI is InChI=1S/C12H21B3F6N2O2/c1-10(2,3)22-4-5(13)23(7(15)6(22)14)9(24)25-8(11(16,17)18)12(19,20)21/h5-8H,4,13-15H2,1-3H3. The van der Waals surface area contributed by atoms with Crippen LogP contribution in [-0.4, -0.2) is 87.8 Å². The lowest BCUT2D eigenvalue weighted by Gasteiger charge is -2.53. The molecule has 1 fully saturated rings. The highest BCUT2D eigenvalue weighted by molar-refractivity contribution is 6.23. The minimum Gasteiger partial charge on any atom is -0.426 e. The highest BCUT2D eigenvalue weighted by Gasteiger charge is 2.60. The summed E-state index contributed by atoms with van der Waals surface area (Å²) < 4.78 is 79.5. The van der Waals surface area contributed by atoms with Crippen LogP contribution in [0.1, 0.15) is 20.8 Å². The van der Waals surface area contributed by atoms with Gasteiger partial charge in [-0.1, -0.05) is 0 Å². The number of hydrogen-bond donors (Lipinski definition) is 0. The van der Waals surface area contributed by atoms with Gasteiger partial charge >= 0.3 is 18.4 Å². The van der Waals surface area contributed by atoms with Gasteiger partial charge in [0, 0.05) is 24.0 Å². The molecule has 3 atom stereocenters. The van der Waals surface area contributed by atoms with Crippen molar-refractivity contribution in [2.75, 3.05) is 6.54 Å². The maximum Gasteiger partial charge on any atom is 0.434 e. The molecule has 0 N–H and O–H groups in total. The molecule has 0 radical (unpaired) electrons. The third-order valence-electron chi connectivity index (χ3n) is 4.45. The van der Waals surface area contributed by atoms with Gasteiger partial charge in [-0.25, -0.2) is 4.79 Å². The molecule has 1 saturated heterocycles. The van der Waals surface area contributed by atoms with E-state index in [-0.39, 0.29) is 11.5 Å². The molecule has 4 nitrogen and oxygen atoms in total. The summed E-state index contributed by atoms with van der Waals surface area (Å²) in [5.41, 5.74) is -0.265. The van der Waals surface area contributed by atoms with Gasteiger partial charge < -0.3 is 14.5 Å². The van der Waals surface area contributed by atoms with Crippen molar-refractivity contribution in [3.05, 3.63) is 0 Å². The van der Waals surface area contributed by atoms with E-state index in [4.69, 9.17) is 0 Å². The van der Waals surface area contributed by atoms with Gasteiger partial charge in [-0.15, -0.1) is 0 Å². The number of amides is 1. The summed E-state index contributed by atoms with van der Waals surface area (Å²) in [6, 6.07) is 0. The summed E-state index contributed by atoms with van der Waals surface area (Å²) in [5, 5.41) is 0. The molecular weight excluding hydrogens is 351 g/mol. The van der Waals surface area contributed by atoms with E-state index >= 15 is 0 Å². The quantitative estimate of drug-likeness (QED) is 0.477. The zero-order chi connectivity index (χ0) is 20.0. The highest BCUT2D eigenvalue weighted by Crippen LogP contribution is 2.36. The molecule has 0 saturated carbocycles. The molecular formula is C12H21B3F6N2O2. The summed E-state index contributed by atoms with van der Waals surface area (Å²) in [5.74, 6) is -1.48. The maximum atomic E-state index is 12.6. The Morgan fingerprint density at radius 1 is 1.00 bits per heavy atom. The van der Waals surface area contributed by atoms with E-state index in [0.29, 0.717) is 6.54 Å². The number of hydrogen-bond acceptors (Lipinski definition) is 3. The molecule has 1 amide bonds. The third-order valence-corrected chi connectivity index (χ3v) is 4.45. The first-order chi connectivity index (χ1) is 11.0. The lowest BCUT2D eigenvalue weighted by atomic mass is 9.69. The number of carbonyl (C=O) groups is 1. The molecule has 0 aromatic rings. The summed E-state index contributed by atoms with van der Waals surface area (Å²) in [4.78, 5) is 15.1. The molecule has 25 heavy (non-hydrogen) atoms. The smallest absolute Gasteiger partial charge is 0.426 e. The van der Waals surface area contributed by atoms with Crippen LogP contribution in [0.15, 0.2) is 0 Å². The summed E-state index contributed by atoms with van der Waals surface area (Å²) in [6.07, 6.45) is -17.2. The van der Waals surface area contributed by atoms with E-state index in [1.54, 1.807) is 23.5 Å². The lowest BCUT2D eigenvalue weighted by molar-refractivity contribution is -0.308. The fourth-order valence-corrected chi connectivity index (χ4v) is 3.15. The second kappa shape index (κ2) is 6.96. The zero-order valence-electron chi connectivity index (χ0n) is 15.0. The van der Waals surface area contributed by atoms with Crippen LogP contribution in [0.3, 0.4) is 0 Å². The van der Waals surface area contributed by atoms with Crippen LogP contribution in [0.5, 0.6) is 0 Å². The van der Waals surface area contributed by atoms with Gasteiger partial charge in [0.1, 0.15) is 23.5 Å². The molecule has 1 rings (SSSR count). The van der Waals surface area contributed by atoms with Crippen LogP contribution in [0.25, 0.3) is 0 Å². The number of alkyl halides is 6. The Morgan fingerprint density at radius 3 is 1.80 bits per heavy atom. The monoisotopic (exact) mass is 372 g/mol. The Morgan fingerprint density at radius 2 is 1.44 bits per heavy atom. The third kappa shape index (κ3) is 5.01. The van der Waals surface area contributed by atoms with Crippen LogP contribution in [0.4, 0.5) is 31.1 Å². The van der Waals surface area contributed by atoms with Gasteiger partial charge in [-0.2, -0.15) is 26.3 Å². The van der Waals surface area contributed by atoms with Gasteiger partial charge in [0.2, 0.25) is 0 Å². The molecule has 1 heterocycles. The molecule has 0 aliphatic carbocycles. The molecule has 13 heteroatoms. The number of nitrogens with zero attached hydrogens (tertiary/aromatic N) is 2. The maximum absolute atomic E-state index is 12.6. The van der Waals surface area contributed by atoms with Crippen molar-refractivity contribution in [1.29, 1.82) is 0 Å². The van der Waals surface area contributed by atoms with Crippen LogP contribution >= 0.6 is 0 Å². The molecule has 1 aliphatic rings. The minimum atomic E-state index is -5.72. The van der Waals surface area contributed by atoms with E-state index in [2.05, 4.69) is 9.64 Å². The van der Waals surface area contributed by atoms with Crippen molar-refractivity contribution in [2.24, 2.45) is 0 Å². The van der Waals surface area contributed by atoms with Gasteiger partial charge in [0.25, 0.3) is 6.10 Å². The summed E-state index contributed by atoms with van der Waals surface area (Å²) in [7, 11) is 4.92. The molecule has 0 aromatic carbocycles. The Bertz CT molecular complexity index is 483. The second-order valence-electron chi connectivity index (χ2n) is 7.41. The molecule has 142 valence electrons. The van der Waals surface area contributed by atoms with E-state index < -0.39 is 36.4 Å². The van der Waals surface area contributed by atoms with Crippen molar-refractivity contribution < 1.29 is 35.9 Å². The SMILES string of the molecule is BC1CN(C(C)(C)C)C(B)C(B)N1C(=O)OC(C(F)(F)F)C(F)(F)F. The van der Waals surface area contributed by atoms with E-state index in [1.807, 2.05) is 20.8 Å². The van der Waals surface area contributed by atoms with Gasteiger partial charge in [0.05, 0.1) is 0 Å². The van der Waals surface area contributed by atoms with E-state index in [9.17, 15) is 31.1 Å². The van der Waals surface area contributed by atoms with Crippen molar-refractivity contribution in [1.82, 2.24) is 9.80 Å². The molecule has 0 aromatic heterocycles. The Hall–Kier alpha value is -0.995. The number of carbonyl (C=O) groups excluding carboxylic acids is 1. The number of ether oxygens (including phenoxy) is 1. The average Bonchev–Trinajstić information content (AvgIpc) is 2.36. The fourth-order valence-electron chi connectivity index (χ4n) is 3.15. The lowest BCUT2D eigenvalue weighted by Crippen LogP contribution is -2.70. The van der Waals surface area contributed by atoms with Crippen molar-refractivity contribution >= 4 is 29.6 Å². The molecule has 0 bridgehead atoms. The number of halogens is 6. The van der Waals surface area contributed by atoms with Crippen molar-refractivity contribution in [3.8, 4) is 0 Å². The fraction of sp³-hybridized carbons (Fsp3) is 0.917. The van der Waals surface area contributed by atoms with Gasteiger partial charge in [0.15, 0.2) is 0 Å². The summed E-state index contributed by atoms with van der Waals surface area (Å²) in [6.45, 7) is 6.15. The molecule has 1 aliphatic heterocycles. The van der Waals surface area contributed by atoms with E-state index in [0.717, 1.165) is 4.90 Å². The first-order valence-electron chi connectivity index (χ1n) is 7.87. The Kier molecular flexibility index (Phi) is 6.14. The predicted molar refractivity (Wildman–Crippen MR) is 87.7 cm³/mol. The first kappa shape index (κ1) is 22.0. The minimum absolute atomic E-state index is 0.265. The average molecular weight is 372 g/mol. The van der Waals surface area contributed by atoms with Gasteiger partial charge in [-0.3, -0.25) is 0 Å². The Labute approximate surface area is 145 Å². The predicted octanol–water partition coefficient (Wildman–Crippen LogP) is -0.0901. The van der Waals surface area contributed by atoms with Crippen LogP contribution in [0, 0.1) is 0 Å². The van der Waals surface area contributed by atoms with Crippen LogP contribution < -0.4 is 0 Å². The van der Waals surface area contributed by atoms with Crippen molar-refractivity contribution in [2.45, 2.75) is 62.6 Å². The van der Waals surface area contributed by atoms with Crippen molar-refractivity contribution in [3.63, 3.8) is 0 Å². The summed E-state index contributed by atoms with van der Waals surface area (Å²) >= 11 is 0. The Balaban J connectivity index is 3.02. The largest absolute Gasteiger partial charge is 0.434 e. The molecule has 3 unspecified atom stereocenters. The first-order valence-corrected chi connectivity index (χ1v) is 7.87. The van der Waals surface area contributed by atoms with Crippen LogP contribution in [0.2, 0.25) is 0 Å². The zero-order valence-corrected chi connectivity index (χ0v) is 15.0. The topological polar surface area (TPSA) is 32.8 Å². The highest BCUT2D eigenvalue weighted by atomic mass is 19.4. The second-order valence-corrected chi connectivity index (χ2v) is 7.41. The van der Waals surface area contributed by atoms with E-state index in [1.165, 1.54) is 0 Å². The number of piperazine rings is 1. The van der Waals surface area contributed by atoms with Gasteiger partial charge in [-0.05, 0) is 26.7 Å². The molecule has 0 spiro atoms. The normalized spacial score (nSPS) is 26.8. The number of rotatable bonds is 1. The van der Waals surface area contributed by atoms with Crippen LogP contribution in [-0.2, 0) is 4.74 Å².